The van der Waals surface area contributed by atoms with E-state index in [1.807, 2.05) is 4.72 Å². The molecule has 0 aliphatic rings. The molecule has 2 heterocycles. The number of para-hydroxylation sites is 1. The molecule has 1 atom stereocenters. The molecule has 0 aliphatic heterocycles. The van der Waals surface area contributed by atoms with Crippen molar-refractivity contribution in [1.82, 2.24) is 30.3 Å². The quantitative estimate of drug-likeness (QED) is 0.143. The van der Waals surface area contributed by atoms with E-state index >= 15 is 0 Å². The number of alkyl halides is 2. The number of hydrogen-bond donors (Lipinski definition) is 5. The third-order valence-electron chi connectivity index (χ3n) is 5.39. The molecule has 2 aromatic carbocycles. The summed E-state index contributed by atoms with van der Waals surface area (Å²) < 4.78 is 85.7. The first-order chi connectivity index (χ1) is 18.3. The fourth-order valence-corrected chi connectivity index (χ4v) is 7.13. The molecule has 0 bridgehead atoms. The van der Waals surface area contributed by atoms with E-state index in [2.05, 4.69) is 30.3 Å². The van der Waals surface area contributed by atoms with Gasteiger partial charge in [-0.15, -0.1) is 5.10 Å². The van der Waals surface area contributed by atoms with Gasteiger partial charge in [-0.3, -0.25) is 4.79 Å². The summed E-state index contributed by atoms with van der Waals surface area (Å²) in [5.74, 6) is -0.237. The highest BCUT2D eigenvalue weighted by atomic mass is 32.2. The van der Waals surface area contributed by atoms with Crippen molar-refractivity contribution in [3.05, 3.63) is 30.3 Å². The molecular formula is C19H19F2N9O6S3. The van der Waals surface area contributed by atoms with E-state index in [1.165, 1.54) is 17.4 Å². The first-order valence-corrected chi connectivity index (χ1v) is 14.4. The molecule has 39 heavy (non-hydrogen) atoms. The van der Waals surface area contributed by atoms with Gasteiger partial charge in [-0.2, -0.15) is 8.78 Å². The number of tetrazole rings is 1. The van der Waals surface area contributed by atoms with Crippen molar-refractivity contribution in [3.8, 4) is 22.5 Å². The third-order valence-corrected chi connectivity index (χ3v) is 8.86. The van der Waals surface area contributed by atoms with Crippen LogP contribution in [0.5, 0.6) is 0 Å². The minimum atomic E-state index is -4.80. The number of nitrogen functional groups attached to an aromatic ring is 1. The van der Waals surface area contributed by atoms with Gasteiger partial charge in [-0.25, -0.2) is 36.8 Å². The van der Waals surface area contributed by atoms with E-state index in [-0.39, 0.29) is 22.1 Å². The molecule has 0 amide bonds. The van der Waals surface area contributed by atoms with Crippen LogP contribution in [0.4, 0.5) is 13.9 Å². The molecule has 20 heteroatoms. The van der Waals surface area contributed by atoms with Crippen LogP contribution < -0.4 is 21.3 Å². The largest absolute Gasteiger partial charge is 0.415 e. The molecule has 0 aliphatic carbocycles. The molecule has 208 valence electrons. The smallest absolute Gasteiger partial charge is 0.402 e. The van der Waals surface area contributed by atoms with Gasteiger partial charge in [0, 0.05) is 12.1 Å². The number of benzene rings is 2. The summed E-state index contributed by atoms with van der Waals surface area (Å²) >= 11 is 1.18. The van der Waals surface area contributed by atoms with Crippen molar-refractivity contribution >= 4 is 53.2 Å². The Labute approximate surface area is 222 Å². The Balaban J connectivity index is 1.86. The summed E-state index contributed by atoms with van der Waals surface area (Å²) in [7, 11) is -9.52. The number of halogens is 2. The summed E-state index contributed by atoms with van der Waals surface area (Å²) in [6.07, 6.45) is -4.75. The van der Waals surface area contributed by atoms with Crippen molar-refractivity contribution in [2.45, 2.75) is 28.4 Å². The zero-order valence-corrected chi connectivity index (χ0v) is 21.9. The molecule has 0 radical (unpaired) electrons. The van der Waals surface area contributed by atoms with E-state index in [1.54, 1.807) is 18.2 Å². The number of fused-ring (bicyclic) bond motifs is 1. The fraction of sp³-hybridized carbons (Fsp3) is 0.211. The molecular weight excluding hydrogens is 584 g/mol. The predicted octanol–water partition coefficient (Wildman–Crippen LogP) is 0.135. The molecule has 4 rings (SSSR count). The second-order valence-electron chi connectivity index (χ2n) is 7.88. The lowest BCUT2D eigenvalue weighted by molar-refractivity contribution is -0.231. The number of anilines is 1. The van der Waals surface area contributed by atoms with Crippen LogP contribution >= 0.6 is 11.3 Å². The number of H-pyrrole nitrogens is 1. The van der Waals surface area contributed by atoms with E-state index in [0.29, 0.717) is 15.8 Å². The van der Waals surface area contributed by atoms with Crippen molar-refractivity contribution in [2.75, 3.05) is 12.3 Å². The average Bonchev–Trinajstić information content (AvgIpc) is 3.51. The van der Waals surface area contributed by atoms with E-state index in [0.717, 1.165) is 6.07 Å². The number of rotatable bonds is 11. The van der Waals surface area contributed by atoms with Gasteiger partial charge in [0.1, 0.15) is 15.8 Å². The predicted molar refractivity (Wildman–Crippen MR) is 134 cm³/mol. The number of nitrogens with two attached hydrogens (primary N) is 3. The molecule has 15 nitrogen and oxygen atoms in total. The van der Waals surface area contributed by atoms with Crippen molar-refractivity contribution in [1.29, 1.82) is 0 Å². The number of carbonyl (C=O) groups is 1. The Hall–Kier alpha value is -3.69. The van der Waals surface area contributed by atoms with Gasteiger partial charge in [-0.05, 0) is 34.5 Å². The topological polar surface area (TPSA) is 252 Å². The van der Waals surface area contributed by atoms with Gasteiger partial charge in [-0.1, -0.05) is 29.5 Å². The third kappa shape index (κ3) is 5.69. The highest BCUT2D eigenvalue weighted by molar-refractivity contribution is 7.92. The maximum absolute atomic E-state index is 13.6. The molecule has 0 spiro atoms. The van der Waals surface area contributed by atoms with Crippen LogP contribution in [0, 0.1) is 0 Å². The Bertz CT molecular complexity index is 1750. The number of sulfonamides is 2. The van der Waals surface area contributed by atoms with Crippen molar-refractivity contribution in [3.63, 3.8) is 0 Å². The van der Waals surface area contributed by atoms with E-state index < -0.39 is 61.4 Å². The Kier molecular flexibility index (Phi) is 7.60. The van der Waals surface area contributed by atoms with Crippen molar-refractivity contribution < 1.29 is 35.1 Å². The number of aromatic amines is 1. The van der Waals surface area contributed by atoms with Crippen LogP contribution in [0.25, 0.3) is 32.7 Å². The lowest BCUT2D eigenvalue weighted by atomic mass is 9.98. The van der Waals surface area contributed by atoms with Crippen LogP contribution in [-0.2, 0) is 29.6 Å². The van der Waals surface area contributed by atoms with Gasteiger partial charge >= 0.3 is 6.11 Å². The van der Waals surface area contributed by atoms with Gasteiger partial charge in [0.2, 0.25) is 20.0 Å². The first kappa shape index (κ1) is 28.3. The second-order valence-corrected chi connectivity index (χ2v) is 12.2. The maximum atomic E-state index is 13.6. The number of carbonyl (C=O) groups excluding carboxylic acids is 1. The van der Waals surface area contributed by atoms with Crippen molar-refractivity contribution in [2.24, 2.45) is 10.9 Å². The summed E-state index contributed by atoms with van der Waals surface area (Å²) in [6.45, 7) is -1.17. The number of ether oxygens (including phenoxy) is 1. The zero-order valence-electron chi connectivity index (χ0n) is 19.4. The Morgan fingerprint density at radius 1 is 1.18 bits per heavy atom. The van der Waals surface area contributed by atoms with Gasteiger partial charge in [0.15, 0.2) is 11.0 Å². The van der Waals surface area contributed by atoms with Crippen LogP contribution in [0.1, 0.15) is 6.42 Å². The molecule has 0 saturated heterocycles. The van der Waals surface area contributed by atoms with Crippen LogP contribution in [0.15, 0.2) is 40.1 Å². The number of aromatic nitrogens is 5. The van der Waals surface area contributed by atoms with Crippen LogP contribution in [0.2, 0.25) is 0 Å². The monoisotopic (exact) mass is 603 g/mol. The first-order valence-electron chi connectivity index (χ1n) is 10.6. The summed E-state index contributed by atoms with van der Waals surface area (Å²) in [6, 6.07) is 5.21. The van der Waals surface area contributed by atoms with E-state index in [4.69, 9.17) is 16.6 Å². The summed E-state index contributed by atoms with van der Waals surface area (Å²) in [4.78, 5) is 12.8. The molecule has 0 saturated carbocycles. The average molecular weight is 604 g/mol. The molecule has 4 aromatic rings. The number of thiazole rings is 1. The normalized spacial score (nSPS) is 13.4. The summed E-state index contributed by atoms with van der Waals surface area (Å²) in [5, 5.41) is 18.8. The number of primary sulfonamides is 1. The standard InChI is InChI=1S/C19H19F2N9O6S3/c20-19(21,36-8-31)13(22)6-7-25-39(34,35)12-5-4-9(10-2-1-3-11-15(10)26-18(23)37-11)14(16(12)38(24,32)33)17-27-29-30-28-17/h1-5,8,13,25H,6-7,22H2,(H2,23,26)(H2,24,32,33)(H,27,28,29,30). The minimum absolute atomic E-state index is 0.153. The Morgan fingerprint density at radius 2 is 1.92 bits per heavy atom. The lowest BCUT2D eigenvalue weighted by Crippen LogP contribution is -2.45. The van der Waals surface area contributed by atoms with Crippen LogP contribution in [-0.4, -0.2) is 67.6 Å². The molecule has 1 unspecified atom stereocenters. The lowest BCUT2D eigenvalue weighted by Gasteiger charge is -2.21. The van der Waals surface area contributed by atoms with E-state index in [9.17, 15) is 30.4 Å². The fourth-order valence-electron chi connectivity index (χ4n) is 3.71. The van der Waals surface area contributed by atoms with Gasteiger partial charge < -0.3 is 16.2 Å². The second kappa shape index (κ2) is 10.5. The van der Waals surface area contributed by atoms with Crippen LogP contribution in [0.3, 0.4) is 0 Å². The zero-order chi connectivity index (χ0) is 28.6. The minimum Gasteiger partial charge on any atom is -0.402 e. The molecule has 2 aromatic heterocycles. The summed E-state index contributed by atoms with van der Waals surface area (Å²) in [5.41, 5.74) is 11.8. The van der Waals surface area contributed by atoms with Gasteiger partial charge in [0.05, 0.1) is 15.8 Å². The molecule has 0 fully saturated rings. The highest BCUT2D eigenvalue weighted by Crippen LogP contribution is 2.41. The number of nitrogens with one attached hydrogen (secondary N) is 2. The number of hydrogen-bond acceptors (Lipinski definition) is 13. The SMILES string of the molecule is Nc1nc2c(-c3ccc(S(=O)(=O)NCCC(N)C(F)(F)OC=O)c(S(N)(=O)=O)c3-c3nnn[nH]3)cccc2s1. The highest BCUT2D eigenvalue weighted by Gasteiger charge is 2.39. The Morgan fingerprint density at radius 3 is 2.56 bits per heavy atom. The number of nitrogens with zero attached hydrogens (tertiary/aromatic N) is 4. The maximum Gasteiger partial charge on any atom is 0.415 e. The molecule has 8 N–H and O–H groups in total. The van der Waals surface area contributed by atoms with Gasteiger partial charge in [0.25, 0.3) is 6.47 Å².